The summed E-state index contributed by atoms with van der Waals surface area (Å²) in [6.45, 7) is 0.473. The van der Waals surface area contributed by atoms with Crippen LogP contribution in [-0.4, -0.2) is 40.5 Å². The average Bonchev–Trinajstić information content (AvgIpc) is 3.10. The molecule has 2 aliphatic heterocycles. The third-order valence-electron chi connectivity index (χ3n) is 4.76. The summed E-state index contributed by atoms with van der Waals surface area (Å²) in [5.41, 5.74) is 0.554. The number of hydrogen-bond donors (Lipinski definition) is 0. The van der Waals surface area contributed by atoms with Gasteiger partial charge in [0.15, 0.2) is 5.84 Å². The van der Waals surface area contributed by atoms with Crippen molar-refractivity contribution in [2.24, 2.45) is 5.10 Å². The monoisotopic (exact) mass is 374 g/mol. The van der Waals surface area contributed by atoms with Crippen molar-refractivity contribution in [3.8, 4) is 0 Å². The van der Waals surface area contributed by atoms with Crippen LogP contribution in [0.4, 0.5) is 18.0 Å². The number of benzene rings is 2. The van der Waals surface area contributed by atoms with Gasteiger partial charge < -0.3 is 0 Å². The third kappa shape index (κ3) is 3.01. The zero-order valence-electron chi connectivity index (χ0n) is 14.5. The van der Waals surface area contributed by atoms with Crippen molar-refractivity contribution < 1.29 is 18.0 Å². The van der Waals surface area contributed by atoms with Crippen LogP contribution >= 0.6 is 0 Å². The Bertz CT molecular complexity index is 897. The Morgan fingerprint density at radius 1 is 1.07 bits per heavy atom. The van der Waals surface area contributed by atoms with E-state index in [-0.39, 0.29) is 12.1 Å². The number of carbonyl (C=O) groups is 1. The first-order chi connectivity index (χ1) is 12.9. The molecule has 0 aromatic heterocycles. The van der Waals surface area contributed by atoms with E-state index < -0.39 is 11.7 Å². The molecule has 0 bridgehead atoms. The molecule has 2 aromatic carbocycles. The lowest BCUT2D eigenvalue weighted by Crippen LogP contribution is -2.54. The van der Waals surface area contributed by atoms with Gasteiger partial charge >= 0.3 is 12.2 Å². The van der Waals surface area contributed by atoms with E-state index in [2.05, 4.69) is 5.10 Å². The van der Waals surface area contributed by atoms with Gasteiger partial charge in [0.2, 0.25) is 0 Å². The summed E-state index contributed by atoms with van der Waals surface area (Å²) in [6.07, 6.45) is -3.78. The Morgan fingerprint density at radius 3 is 2.52 bits per heavy atom. The van der Waals surface area contributed by atoms with E-state index in [0.29, 0.717) is 24.4 Å². The van der Waals surface area contributed by atoms with E-state index in [4.69, 9.17) is 0 Å². The molecule has 140 valence electrons. The molecule has 2 aromatic rings. The van der Waals surface area contributed by atoms with Gasteiger partial charge in [0.25, 0.3) is 0 Å². The normalized spacial score (nSPS) is 20.0. The van der Waals surface area contributed by atoms with Crippen molar-refractivity contribution in [1.82, 2.24) is 15.0 Å². The fraction of sp³-hybridized carbons (Fsp3) is 0.263. The molecule has 0 spiro atoms. The summed E-state index contributed by atoms with van der Waals surface area (Å²) < 4.78 is 39.5. The second kappa shape index (κ2) is 6.29. The Hall–Kier alpha value is -3.03. The lowest BCUT2D eigenvalue weighted by molar-refractivity contribution is -0.137. The van der Waals surface area contributed by atoms with Gasteiger partial charge in [-0.15, -0.1) is 5.10 Å². The highest BCUT2D eigenvalue weighted by Gasteiger charge is 2.43. The highest BCUT2D eigenvalue weighted by molar-refractivity contribution is 6.02. The van der Waals surface area contributed by atoms with E-state index in [9.17, 15) is 18.0 Å². The zero-order chi connectivity index (χ0) is 19.2. The molecule has 1 unspecified atom stereocenters. The smallest absolute Gasteiger partial charge is 0.255 e. The minimum absolute atomic E-state index is 0.169. The quantitative estimate of drug-likeness (QED) is 0.794. The minimum atomic E-state index is -4.45. The second-order valence-corrected chi connectivity index (χ2v) is 6.49. The Morgan fingerprint density at radius 2 is 1.81 bits per heavy atom. The molecule has 27 heavy (non-hydrogen) atoms. The molecule has 1 fully saturated rings. The van der Waals surface area contributed by atoms with Crippen LogP contribution < -0.4 is 0 Å². The highest BCUT2D eigenvalue weighted by atomic mass is 19.4. The number of hydrazine groups is 1. The summed E-state index contributed by atoms with van der Waals surface area (Å²) >= 11 is 0. The van der Waals surface area contributed by atoms with Crippen molar-refractivity contribution >= 4 is 11.9 Å². The predicted molar refractivity (Wildman–Crippen MR) is 93.5 cm³/mol. The van der Waals surface area contributed by atoms with Crippen molar-refractivity contribution in [3.05, 3.63) is 71.3 Å². The summed E-state index contributed by atoms with van der Waals surface area (Å²) in [6, 6.07) is 14.1. The van der Waals surface area contributed by atoms with Crippen molar-refractivity contribution in [1.29, 1.82) is 0 Å². The van der Waals surface area contributed by atoms with Crippen LogP contribution in [0, 0.1) is 0 Å². The van der Waals surface area contributed by atoms with Gasteiger partial charge in [0.1, 0.15) is 0 Å². The number of hydrogen-bond acceptors (Lipinski definition) is 3. The summed E-state index contributed by atoms with van der Waals surface area (Å²) in [4.78, 5) is 12.5. The Kier molecular flexibility index (Phi) is 4.05. The molecule has 0 radical (unpaired) electrons. The van der Waals surface area contributed by atoms with E-state index in [1.807, 2.05) is 30.3 Å². The van der Waals surface area contributed by atoms with Crippen LogP contribution in [0.1, 0.15) is 29.2 Å². The Labute approximate surface area is 154 Å². The van der Waals surface area contributed by atoms with Crippen LogP contribution in [0.5, 0.6) is 0 Å². The van der Waals surface area contributed by atoms with Gasteiger partial charge in [0.05, 0.1) is 11.6 Å². The average molecular weight is 374 g/mol. The number of nitrogens with zero attached hydrogens (tertiary/aromatic N) is 4. The highest BCUT2D eigenvalue weighted by Crippen LogP contribution is 2.37. The van der Waals surface area contributed by atoms with Crippen molar-refractivity contribution in [2.45, 2.75) is 18.6 Å². The summed E-state index contributed by atoms with van der Waals surface area (Å²) in [5.74, 6) is 0.328. The van der Waals surface area contributed by atoms with Crippen LogP contribution in [0.25, 0.3) is 0 Å². The number of amides is 2. The molecule has 2 heterocycles. The van der Waals surface area contributed by atoms with Gasteiger partial charge in [-0.1, -0.05) is 42.5 Å². The molecule has 8 heteroatoms. The molecule has 1 atom stereocenters. The first-order valence-electron chi connectivity index (χ1n) is 8.52. The molecule has 2 aliphatic rings. The number of amidine groups is 1. The van der Waals surface area contributed by atoms with E-state index in [0.717, 1.165) is 17.7 Å². The fourth-order valence-corrected chi connectivity index (χ4v) is 3.50. The molecule has 1 saturated heterocycles. The first kappa shape index (κ1) is 17.4. The number of urea groups is 1. The Balaban J connectivity index is 1.81. The fourth-order valence-electron chi connectivity index (χ4n) is 3.50. The van der Waals surface area contributed by atoms with Crippen LogP contribution in [0.15, 0.2) is 59.7 Å². The lowest BCUT2D eigenvalue weighted by Gasteiger charge is -2.40. The SMILES string of the molecule is CN1N=C(c2cccc(C(F)(F)F)c2)N2C(c3ccccc3)CCN2C1=O. The maximum absolute atomic E-state index is 13.2. The molecule has 5 nitrogen and oxygen atoms in total. The van der Waals surface area contributed by atoms with Gasteiger partial charge in [-0.3, -0.25) is 5.01 Å². The van der Waals surface area contributed by atoms with Crippen LogP contribution in [0.2, 0.25) is 0 Å². The van der Waals surface area contributed by atoms with Crippen molar-refractivity contribution in [2.75, 3.05) is 13.6 Å². The van der Waals surface area contributed by atoms with E-state index in [1.165, 1.54) is 18.1 Å². The number of carbonyl (C=O) groups excluding carboxylic acids is 1. The molecule has 2 amide bonds. The molecular weight excluding hydrogens is 357 g/mol. The number of fused-ring (bicyclic) bond motifs is 1. The number of hydrazone groups is 1. The van der Waals surface area contributed by atoms with Crippen molar-refractivity contribution in [3.63, 3.8) is 0 Å². The largest absolute Gasteiger partial charge is 0.416 e. The maximum atomic E-state index is 13.2. The van der Waals surface area contributed by atoms with Gasteiger partial charge in [-0.2, -0.15) is 13.2 Å². The van der Waals surface area contributed by atoms with Crippen LogP contribution in [0.3, 0.4) is 0 Å². The maximum Gasteiger partial charge on any atom is 0.416 e. The predicted octanol–water partition coefficient (Wildman–Crippen LogP) is 4.10. The number of alkyl halides is 3. The lowest BCUT2D eigenvalue weighted by atomic mass is 10.0. The van der Waals surface area contributed by atoms with Gasteiger partial charge in [-0.25, -0.2) is 14.8 Å². The first-order valence-corrected chi connectivity index (χ1v) is 8.52. The summed E-state index contributed by atoms with van der Waals surface area (Å²) in [5, 5.41) is 8.72. The van der Waals surface area contributed by atoms with Gasteiger partial charge in [-0.05, 0) is 24.1 Å². The topological polar surface area (TPSA) is 39.1 Å². The second-order valence-electron chi connectivity index (χ2n) is 6.49. The minimum Gasteiger partial charge on any atom is -0.255 e. The zero-order valence-corrected chi connectivity index (χ0v) is 14.5. The molecule has 4 rings (SSSR count). The molecule has 0 N–H and O–H groups in total. The number of rotatable bonds is 2. The van der Waals surface area contributed by atoms with E-state index in [1.54, 1.807) is 16.1 Å². The standard InChI is InChI=1S/C19H17F3N4O/c1-24-18(27)25-11-10-16(13-6-3-2-4-7-13)26(25)17(23-24)14-8-5-9-15(12-14)19(20,21)22/h2-9,12,16H,10-11H2,1H3. The molecule has 0 saturated carbocycles. The van der Waals surface area contributed by atoms with E-state index >= 15 is 0 Å². The van der Waals surface area contributed by atoms with Gasteiger partial charge in [0, 0.05) is 19.2 Å². The molecular formula is C19H17F3N4O. The van der Waals surface area contributed by atoms with Crippen LogP contribution in [-0.2, 0) is 6.18 Å². The number of halogens is 3. The third-order valence-corrected chi connectivity index (χ3v) is 4.76. The molecule has 0 aliphatic carbocycles. The summed E-state index contributed by atoms with van der Waals surface area (Å²) in [7, 11) is 1.50.